The van der Waals surface area contributed by atoms with Gasteiger partial charge in [-0.2, -0.15) is 0 Å². The van der Waals surface area contributed by atoms with Gasteiger partial charge in [-0.15, -0.1) is 0 Å². The molecule has 1 saturated carbocycles. The number of aliphatic carboxylic acids is 1. The standard InChI is InChI=1S/C13H24O2/c1-3-4-5-6-11-7-8-12(13(14)15)10(2)9-11/h10-12H,3-9H2,1-2H3,(H,14,15). The smallest absolute Gasteiger partial charge is 0.306 e. The number of hydrogen-bond acceptors (Lipinski definition) is 1. The molecular formula is C13H24O2. The van der Waals surface area contributed by atoms with Gasteiger partial charge in [0.2, 0.25) is 0 Å². The molecule has 2 heteroatoms. The second kappa shape index (κ2) is 6.14. The third-order valence-electron chi connectivity index (χ3n) is 3.81. The minimum absolute atomic E-state index is 0.0765. The maximum atomic E-state index is 10.9. The van der Waals surface area contributed by atoms with E-state index < -0.39 is 5.97 Å². The normalized spacial score (nSPS) is 31.5. The van der Waals surface area contributed by atoms with E-state index in [1.54, 1.807) is 0 Å². The van der Waals surface area contributed by atoms with E-state index in [2.05, 4.69) is 13.8 Å². The van der Waals surface area contributed by atoms with Gasteiger partial charge in [0.05, 0.1) is 5.92 Å². The van der Waals surface area contributed by atoms with Crippen LogP contribution in [0.1, 0.15) is 58.8 Å². The van der Waals surface area contributed by atoms with Gasteiger partial charge in [0.15, 0.2) is 0 Å². The average molecular weight is 212 g/mol. The van der Waals surface area contributed by atoms with Crippen LogP contribution < -0.4 is 0 Å². The molecule has 1 fully saturated rings. The molecule has 0 radical (unpaired) electrons. The summed E-state index contributed by atoms with van der Waals surface area (Å²) in [4.78, 5) is 10.9. The summed E-state index contributed by atoms with van der Waals surface area (Å²) < 4.78 is 0. The van der Waals surface area contributed by atoms with Gasteiger partial charge in [0.1, 0.15) is 0 Å². The van der Waals surface area contributed by atoms with Crippen LogP contribution in [0.4, 0.5) is 0 Å². The maximum Gasteiger partial charge on any atom is 0.306 e. The van der Waals surface area contributed by atoms with Crippen molar-refractivity contribution < 1.29 is 9.90 Å². The van der Waals surface area contributed by atoms with Crippen LogP contribution in [-0.2, 0) is 4.79 Å². The topological polar surface area (TPSA) is 37.3 Å². The Morgan fingerprint density at radius 2 is 2.07 bits per heavy atom. The number of carbonyl (C=O) groups is 1. The van der Waals surface area contributed by atoms with Crippen LogP contribution in [0.15, 0.2) is 0 Å². The average Bonchev–Trinajstić information content (AvgIpc) is 2.17. The summed E-state index contributed by atoms with van der Waals surface area (Å²) in [5.41, 5.74) is 0. The van der Waals surface area contributed by atoms with E-state index >= 15 is 0 Å². The number of carboxylic acid groups (broad SMARTS) is 1. The summed E-state index contributed by atoms with van der Waals surface area (Å²) in [6.45, 7) is 4.33. The minimum Gasteiger partial charge on any atom is -0.481 e. The van der Waals surface area contributed by atoms with E-state index in [-0.39, 0.29) is 5.92 Å². The fourth-order valence-electron chi connectivity index (χ4n) is 2.82. The van der Waals surface area contributed by atoms with Crippen molar-refractivity contribution >= 4 is 5.97 Å². The predicted octanol–water partition coefficient (Wildman–Crippen LogP) is 3.70. The van der Waals surface area contributed by atoms with Crippen molar-refractivity contribution in [2.24, 2.45) is 17.8 Å². The van der Waals surface area contributed by atoms with Crippen molar-refractivity contribution in [3.63, 3.8) is 0 Å². The molecule has 0 aromatic heterocycles. The second-order valence-corrected chi connectivity index (χ2v) is 5.10. The Kier molecular flexibility index (Phi) is 5.13. The minimum atomic E-state index is -0.588. The molecule has 2 nitrogen and oxygen atoms in total. The third kappa shape index (κ3) is 3.84. The highest BCUT2D eigenvalue weighted by Crippen LogP contribution is 2.36. The van der Waals surface area contributed by atoms with Crippen molar-refractivity contribution in [3.8, 4) is 0 Å². The highest BCUT2D eigenvalue weighted by Gasteiger charge is 2.31. The Morgan fingerprint density at radius 3 is 2.60 bits per heavy atom. The Labute approximate surface area is 93.1 Å². The van der Waals surface area contributed by atoms with Crippen molar-refractivity contribution in [1.82, 2.24) is 0 Å². The molecule has 15 heavy (non-hydrogen) atoms. The molecule has 0 aliphatic heterocycles. The molecule has 0 aromatic carbocycles. The lowest BCUT2D eigenvalue weighted by molar-refractivity contribution is -0.145. The first-order valence-electron chi connectivity index (χ1n) is 6.38. The van der Waals surface area contributed by atoms with Gasteiger partial charge in [0.25, 0.3) is 0 Å². The van der Waals surface area contributed by atoms with E-state index in [1.807, 2.05) is 0 Å². The molecular weight excluding hydrogens is 188 g/mol. The largest absolute Gasteiger partial charge is 0.481 e. The summed E-state index contributed by atoms with van der Waals surface area (Å²) in [5.74, 6) is 0.506. The van der Waals surface area contributed by atoms with Crippen LogP contribution in [0.5, 0.6) is 0 Å². The second-order valence-electron chi connectivity index (χ2n) is 5.10. The van der Waals surface area contributed by atoms with E-state index in [9.17, 15) is 4.79 Å². The number of unbranched alkanes of at least 4 members (excludes halogenated alkanes) is 2. The van der Waals surface area contributed by atoms with Gasteiger partial charge in [-0.25, -0.2) is 0 Å². The molecule has 1 aliphatic rings. The highest BCUT2D eigenvalue weighted by atomic mass is 16.4. The van der Waals surface area contributed by atoms with Crippen molar-refractivity contribution in [3.05, 3.63) is 0 Å². The van der Waals surface area contributed by atoms with Crippen molar-refractivity contribution in [2.75, 3.05) is 0 Å². The lowest BCUT2D eigenvalue weighted by atomic mass is 9.73. The van der Waals surface area contributed by atoms with Crippen LogP contribution in [0, 0.1) is 17.8 Å². The molecule has 0 bridgehead atoms. The lowest BCUT2D eigenvalue weighted by Gasteiger charge is -2.31. The van der Waals surface area contributed by atoms with Crippen LogP contribution in [0.3, 0.4) is 0 Å². The monoisotopic (exact) mass is 212 g/mol. The molecule has 88 valence electrons. The van der Waals surface area contributed by atoms with Crippen molar-refractivity contribution in [1.29, 1.82) is 0 Å². The molecule has 3 unspecified atom stereocenters. The zero-order valence-electron chi connectivity index (χ0n) is 10.0. The molecule has 1 N–H and O–H groups in total. The first-order chi connectivity index (χ1) is 7.15. The summed E-state index contributed by atoms with van der Waals surface area (Å²) >= 11 is 0. The molecule has 3 atom stereocenters. The zero-order valence-corrected chi connectivity index (χ0v) is 10.0. The Bertz CT molecular complexity index is 201. The molecule has 0 aromatic rings. The van der Waals surface area contributed by atoms with Gasteiger partial charge in [-0.3, -0.25) is 4.79 Å². The van der Waals surface area contributed by atoms with Gasteiger partial charge in [-0.1, -0.05) is 39.5 Å². The first-order valence-corrected chi connectivity index (χ1v) is 6.38. The maximum absolute atomic E-state index is 10.9. The van der Waals surface area contributed by atoms with E-state index in [4.69, 9.17) is 5.11 Å². The Hall–Kier alpha value is -0.530. The quantitative estimate of drug-likeness (QED) is 0.705. The van der Waals surface area contributed by atoms with Crippen molar-refractivity contribution in [2.45, 2.75) is 58.8 Å². The van der Waals surface area contributed by atoms with E-state index in [1.165, 1.54) is 25.7 Å². The van der Waals surface area contributed by atoms with Gasteiger partial charge >= 0.3 is 5.97 Å². The molecule has 1 rings (SSSR count). The van der Waals surface area contributed by atoms with Gasteiger partial charge in [-0.05, 0) is 31.1 Å². The number of rotatable bonds is 5. The molecule has 1 aliphatic carbocycles. The third-order valence-corrected chi connectivity index (χ3v) is 3.81. The Balaban J connectivity index is 2.27. The summed E-state index contributed by atoms with van der Waals surface area (Å²) in [6.07, 6.45) is 8.39. The molecule has 0 amide bonds. The van der Waals surface area contributed by atoms with Crippen LogP contribution >= 0.6 is 0 Å². The van der Waals surface area contributed by atoms with Gasteiger partial charge < -0.3 is 5.11 Å². The summed E-state index contributed by atoms with van der Waals surface area (Å²) in [7, 11) is 0. The van der Waals surface area contributed by atoms with Crippen LogP contribution in [0.25, 0.3) is 0 Å². The highest BCUT2D eigenvalue weighted by molar-refractivity contribution is 5.70. The molecule has 0 saturated heterocycles. The van der Waals surface area contributed by atoms with Crippen LogP contribution in [0.2, 0.25) is 0 Å². The Morgan fingerprint density at radius 1 is 1.33 bits per heavy atom. The predicted molar refractivity (Wildman–Crippen MR) is 61.8 cm³/mol. The number of carboxylic acids is 1. The number of hydrogen-bond donors (Lipinski definition) is 1. The molecule has 0 heterocycles. The summed E-state index contributed by atoms with van der Waals surface area (Å²) in [5, 5.41) is 9.01. The fraction of sp³-hybridized carbons (Fsp3) is 0.923. The van der Waals surface area contributed by atoms with Gasteiger partial charge in [0, 0.05) is 0 Å². The van der Waals surface area contributed by atoms with E-state index in [0.29, 0.717) is 5.92 Å². The molecule has 0 spiro atoms. The SMILES string of the molecule is CCCCCC1CCC(C(=O)O)C(C)C1. The van der Waals surface area contributed by atoms with Crippen LogP contribution in [-0.4, -0.2) is 11.1 Å². The lowest BCUT2D eigenvalue weighted by Crippen LogP contribution is -2.28. The first kappa shape index (κ1) is 12.5. The summed E-state index contributed by atoms with van der Waals surface area (Å²) in [6, 6.07) is 0. The van der Waals surface area contributed by atoms with E-state index in [0.717, 1.165) is 25.2 Å². The fourth-order valence-corrected chi connectivity index (χ4v) is 2.82. The zero-order chi connectivity index (χ0) is 11.3.